The topological polar surface area (TPSA) is 148 Å². The number of ether oxygens (including phenoxy) is 8. The number of nitriles is 1. The SMILES string of the molecule is COc1ccc(C(OC[C@H](COCCOCCOCCOCCCNC(=O)O[C@H]2CC[C@@]3(C)C(=CCC4C5CCC([C@H](C)CCCC(C)C)[C@@]5(C)CCC43)C2)OP(OCCC#N)N(C(C)C)C(C)C)(c2ccccc2)c2ccc(OC)cc2)cc1. The maximum absolute atomic E-state index is 13.0. The third kappa shape index (κ3) is 18.3. The highest BCUT2D eigenvalue weighted by molar-refractivity contribution is 7.44. The third-order valence-corrected chi connectivity index (χ3v) is 21.4. The lowest BCUT2D eigenvalue weighted by atomic mass is 9.47. The van der Waals surface area contributed by atoms with E-state index in [0.29, 0.717) is 64.6 Å². The molecule has 472 valence electrons. The first-order valence-corrected chi connectivity index (χ1v) is 33.4. The number of allylic oxidation sites excluding steroid dienone is 1. The van der Waals surface area contributed by atoms with Crippen molar-refractivity contribution in [3.05, 3.63) is 107 Å². The van der Waals surface area contributed by atoms with E-state index in [2.05, 4.69) is 96.6 Å². The molecule has 3 fully saturated rings. The van der Waals surface area contributed by atoms with Gasteiger partial charge in [-0.05, 0) is 166 Å². The lowest BCUT2D eigenvalue weighted by Crippen LogP contribution is -2.51. The Morgan fingerprint density at radius 2 is 1.32 bits per heavy atom. The summed E-state index contributed by atoms with van der Waals surface area (Å²) in [6.07, 6.45) is 16.3. The van der Waals surface area contributed by atoms with Crippen LogP contribution in [-0.2, 0) is 43.1 Å². The summed E-state index contributed by atoms with van der Waals surface area (Å²) in [5.74, 6) is 6.35. The van der Waals surface area contributed by atoms with Gasteiger partial charge in [0.25, 0.3) is 8.53 Å². The number of carbonyl (C=O) groups excluding carboxylic acids is 1. The predicted octanol–water partition coefficient (Wildman–Crippen LogP) is 15.3. The molecule has 0 bridgehead atoms. The van der Waals surface area contributed by atoms with Crippen molar-refractivity contribution in [1.29, 1.82) is 5.26 Å². The van der Waals surface area contributed by atoms with E-state index in [1.807, 2.05) is 66.7 Å². The van der Waals surface area contributed by atoms with Gasteiger partial charge in [0.1, 0.15) is 29.3 Å². The zero-order valence-electron chi connectivity index (χ0n) is 53.7. The summed E-state index contributed by atoms with van der Waals surface area (Å²) in [5.41, 5.74) is 3.91. The van der Waals surface area contributed by atoms with Crippen LogP contribution in [0.4, 0.5) is 4.79 Å². The molecule has 1 N–H and O–H groups in total. The van der Waals surface area contributed by atoms with Crippen LogP contribution in [0.1, 0.15) is 162 Å². The van der Waals surface area contributed by atoms with Crippen molar-refractivity contribution < 1.29 is 51.7 Å². The van der Waals surface area contributed by atoms with E-state index in [9.17, 15) is 10.1 Å². The van der Waals surface area contributed by atoms with Crippen molar-refractivity contribution in [2.75, 3.05) is 86.8 Å². The molecule has 0 saturated heterocycles. The number of carbonyl (C=O) groups is 1. The van der Waals surface area contributed by atoms with Crippen LogP contribution in [0.25, 0.3) is 0 Å². The maximum Gasteiger partial charge on any atom is 0.407 e. The number of fused-ring (bicyclic) bond motifs is 5. The average molecular weight is 1200 g/mol. The van der Waals surface area contributed by atoms with Crippen LogP contribution in [0.2, 0.25) is 0 Å². The summed E-state index contributed by atoms with van der Waals surface area (Å²) in [4.78, 5) is 13.0. The Balaban J connectivity index is 0.814. The highest BCUT2D eigenvalue weighted by atomic mass is 31.2. The number of nitrogens with zero attached hydrogens (tertiary/aromatic N) is 2. The minimum atomic E-state index is -1.63. The number of rotatable bonds is 37. The summed E-state index contributed by atoms with van der Waals surface area (Å²) >= 11 is 0. The second kappa shape index (κ2) is 34.0. The van der Waals surface area contributed by atoms with Crippen LogP contribution in [0, 0.1) is 57.7 Å². The first kappa shape index (κ1) is 68.4. The van der Waals surface area contributed by atoms with Crippen LogP contribution < -0.4 is 14.8 Å². The molecule has 10 atom stereocenters. The standard InChI is InChI=1S/C70H106N3O11P/c1-51(2)18-15-19-54(7)64-32-33-65-63-31-26-58-48-61(34-36-68(58,8)66(63)35-37-69(64,65)9)83-67(74)72-39-17-40-77-42-43-78-44-45-79-46-47-80-49-62(84-85(82-41-16-38-71)73(52(3)4)53(5)6)50-81-70(55-20-13-12-14-21-55,56-22-27-59(75-10)28-23-56)57-24-29-60(76-11)30-25-57/h12-14,20-30,51-54,61-66H,15-19,31-37,39-50H2,1-11H3,(H,72,74)/t54-,61+,62+,63?,64?,65?,66?,68+,69-,85?/m1/s1. The Hall–Kier alpha value is -4.13. The lowest BCUT2D eigenvalue weighted by Gasteiger charge is -2.58. The highest BCUT2D eigenvalue weighted by Crippen LogP contribution is 2.67. The molecule has 0 aliphatic heterocycles. The molecule has 1 amide bonds. The molecule has 3 aromatic rings. The average Bonchev–Trinajstić information content (AvgIpc) is 1.84. The third-order valence-electron chi connectivity index (χ3n) is 19.2. The van der Waals surface area contributed by atoms with Crippen LogP contribution in [0.3, 0.4) is 0 Å². The molecule has 4 aliphatic rings. The molecule has 3 saturated carbocycles. The Morgan fingerprint density at radius 3 is 1.92 bits per heavy atom. The Morgan fingerprint density at radius 1 is 0.706 bits per heavy atom. The Labute approximate surface area is 513 Å². The van der Waals surface area contributed by atoms with Crippen LogP contribution in [0.5, 0.6) is 11.5 Å². The predicted molar refractivity (Wildman–Crippen MR) is 338 cm³/mol. The summed E-state index contributed by atoms with van der Waals surface area (Å²) in [7, 11) is 1.68. The van der Waals surface area contributed by atoms with Gasteiger partial charge in [-0.15, -0.1) is 0 Å². The molecular weight excluding hydrogens is 1090 g/mol. The van der Waals surface area contributed by atoms with Gasteiger partial charge in [0.15, 0.2) is 0 Å². The first-order chi connectivity index (χ1) is 41.1. The van der Waals surface area contributed by atoms with Gasteiger partial charge in [-0.25, -0.2) is 9.46 Å². The van der Waals surface area contributed by atoms with E-state index in [-0.39, 0.29) is 55.9 Å². The van der Waals surface area contributed by atoms with Gasteiger partial charge in [-0.2, -0.15) is 5.26 Å². The van der Waals surface area contributed by atoms with E-state index < -0.39 is 20.2 Å². The second-order valence-corrected chi connectivity index (χ2v) is 27.2. The van der Waals surface area contributed by atoms with Crippen molar-refractivity contribution in [3.63, 3.8) is 0 Å². The summed E-state index contributed by atoms with van der Waals surface area (Å²) < 4.78 is 63.9. The van der Waals surface area contributed by atoms with Gasteiger partial charge in [0.2, 0.25) is 0 Å². The van der Waals surface area contributed by atoms with E-state index >= 15 is 0 Å². The van der Waals surface area contributed by atoms with Crippen molar-refractivity contribution in [3.8, 4) is 17.6 Å². The van der Waals surface area contributed by atoms with E-state index in [0.717, 1.165) is 83.0 Å². The van der Waals surface area contributed by atoms with Crippen molar-refractivity contribution >= 4 is 14.6 Å². The first-order valence-electron chi connectivity index (χ1n) is 32.3. The van der Waals surface area contributed by atoms with Crippen LogP contribution in [0.15, 0.2) is 90.5 Å². The molecule has 5 unspecified atom stereocenters. The number of benzene rings is 3. The Kier molecular flexibility index (Phi) is 27.4. The minimum absolute atomic E-state index is 0.0632. The van der Waals surface area contributed by atoms with E-state index in [1.54, 1.807) is 19.8 Å². The molecular formula is C70H106N3O11P. The second-order valence-electron chi connectivity index (χ2n) is 25.8. The van der Waals surface area contributed by atoms with Crippen molar-refractivity contribution in [1.82, 2.24) is 9.99 Å². The number of hydrogen-bond acceptors (Lipinski definition) is 13. The normalized spacial score (nSPS) is 24.1. The highest BCUT2D eigenvalue weighted by Gasteiger charge is 2.59. The molecule has 0 radical (unpaired) electrons. The van der Waals surface area contributed by atoms with Gasteiger partial charge >= 0.3 is 6.09 Å². The fourth-order valence-electron chi connectivity index (χ4n) is 15.0. The van der Waals surface area contributed by atoms with Gasteiger partial charge in [-0.1, -0.05) is 120 Å². The molecule has 14 nitrogen and oxygen atoms in total. The van der Waals surface area contributed by atoms with E-state index in [1.165, 1.54) is 51.4 Å². The molecule has 3 aromatic carbocycles. The number of hydrogen-bond donors (Lipinski definition) is 1. The zero-order chi connectivity index (χ0) is 60.8. The molecule has 15 heteroatoms. The largest absolute Gasteiger partial charge is 0.497 e. The molecule has 4 aliphatic carbocycles. The molecule has 0 aromatic heterocycles. The maximum atomic E-state index is 13.0. The smallest absolute Gasteiger partial charge is 0.407 e. The number of nitrogens with one attached hydrogen (secondary N) is 1. The summed E-state index contributed by atoms with van der Waals surface area (Å²) in [6.45, 7) is 24.9. The van der Waals surface area contributed by atoms with Gasteiger partial charge < -0.3 is 52.3 Å². The summed E-state index contributed by atoms with van der Waals surface area (Å²) in [6, 6.07) is 28.4. The fourth-order valence-corrected chi connectivity index (χ4v) is 16.7. The van der Waals surface area contributed by atoms with Gasteiger partial charge in [-0.3, -0.25) is 0 Å². The molecule has 0 heterocycles. The van der Waals surface area contributed by atoms with Crippen molar-refractivity contribution in [2.24, 2.45) is 46.3 Å². The number of methoxy groups -OCH3 is 2. The van der Waals surface area contributed by atoms with E-state index in [4.69, 9.17) is 46.9 Å². The molecule has 85 heavy (non-hydrogen) atoms. The van der Waals surface area contributed by atoms with Gasteiger partial charge in [0.05, 0.1) is 86.2 Å². The van der Waals surface area contributed by atoms with Crippen LogP contribution in [-0.4, -0.2) is 122 Å². The van der Waals surface area contributed by atoms with Gasteiger partial charge in [0, 0.05) is 31.7 Å². The molecule has 0 spiro atoms. The number of alkyl carbamates (subject to hydrolysis) is 1. The summed E-state index contributed by atoms with van der Waals surface area (Å²) in [5, 5.41) is 12.4. The number of amides is 1. The Bertz CT molecular complexity index is 2440. The lowest BCUT2D eigenvalue weighted by molar-refractivity contribution is -0.0655. The fraction of sp³-hybridized carbons (Fsp3) is 0.686. The van der Waals surface area contributed by atoms with Crippen molar-refractivity contribution in [2.45, 2.75) is 176 Å². The molecule has 7 rings (SSSR count). The minimum Gasteiger partial charge on any atom is -0.497 e. The quantitative estimate of drug-likeness (QED) is 0.0253. The zero-order valence-corrected chi connectivity index (χ0v) is 54.6. The van der Waals surface area contributed by atoms with Crippen LogP contribution >= 0.6 is 8.53 Å². The monoisotopic (exact) mass is 1200 g/mol.